The van der Waals surface area contributed by atoms with Gasteiger partial charge < -0.3 is 14.6 Å². The third-order valence-electron chi connectivity index (χ3n) is 2.08. The molecular formula is C13H13ClO5. The van der Waals surface area contributed by atoms with Crippen molar-refractivity contribution in [3.8, 4) is 5.75 Å². The van der Waals surface area contributed by atoms with Crippen LogP contribution in [-0.2, 0) is 14.3 Å². The largest absolute Gasteiger partial charge is 0.506 e. The molecule has 1 rings (SSSR count). The third kappa shape index (κ3) is 4.63. The van der Waals surface area contributed by atoms with Gasteiger partial charge in [0.2, 0.25) is 0 Å². The van der Waals surface area contributed by atoms with Crippen molar-refractivity contribution in [2.75, 3.05) is 13.2 Å². The van der Waals surface area contributed by atoms with Crippen LogP contribution in [0.25, 0.3) is 0 Å². The van der Waals surface area contributed by atoms with E-state index in [2.05, 4.69) is 6.58 Å². The Bertz CT molecular complexity index is 510. The van der Waals surface area contributed by atoms with Crippen LogP contribution in [0.3, 0.4) is 0 Å². The van der Waals surface area contributed by atoms with E-state index >= 15 is 0 Å². The second kappa shape index (κ2) is 6.80. The number of hydrogen-bond acceptors (Lipinski definition) is 5. The average Bonchev–Trinajstić information content (AvgIpc) is 2.37. The van der Waals surface area contributed by atoms with Crippen molar-refractivity contribution < 1.29 is 24.2 Å². The van der Waals surface area contributed by atoms with Crippen LogP contribution in [0.15, 0.2) is 30.4 Å². The number of halogens is 1. The van der Waals surface area contributed by atoms with Crippen molar-refractivity contribution in [3.05, 3.63) is 40.9 Å². The summed E-state index contributed by atoms with van der Waals surface area (Å²) in [6.45, 7) is 4.81. The summed E-state index contributed by atoms with van der Waals surface area (Å²) in [4.78, 5) is 22.6. The standard InChI is InChI=1S/C13H13ClO5/c1-8(2)12(16)18-5-6-19-13(17)9-3-4-11(15)10(14)7-9/h3-4,7,15H,1,5-6H2,2H3. The van der Waals surface area contributed by atoms with Gasteiger partial charge in [-0.2, -0.15) is 0 Å². The molecular weight excluding hydrogens is 272 g/mol. The average molecular weight is 285 g/mol. The Kier molecular flexibility index (Phi) is 5.38. The first-order chi connectivity index (χ1) is 8.91. The fourth-order valence-electron chi connectivity index (χ4n) is 1.11. The number of esters is 2. The number of phenolic OH excluding ortho intramolecular Hbond substituents is 1. The van der Waals surface area contributed by atoms with Gasteiger partial charge in [-0.05, 0) is 25.1 Å². The number of hydrogen-bond donors (Lipinski definition) is 1. The third-order valence-corrected chi connectivity index (χ3v) is 2.38. The van der Waals surface area contributed by atoms with Gasteiger partial charge in [0.1, 0.15) is 19.0 Å². The number of phenols is 1. The molecule has 0 atom stereocenters. The van der Waals surface area contributed by atoms with Gasteiger partial charge in [-0.1, -0.05) is 18.2 Å². The van der Waals surface area contributed by atoms with Crippen LogP contribution in [-0.4, -0.2) is 30.3 Å². The van der Waals surface area contributed by atoms with E-state index in [4.69, 9.17) is 21.1 Å². The van der Waals surface area contributed by atoms with E-state index in [0.29, 0.717) is 0 Å². The maximum absolute atomic E-state index is 11.6. The summed E-state index contributed by atoms with van der Waals surface area (Å²) in [5.41, 5.74) is 0.477. The van der Waals surface area contributed by atoms with Gasteiger partial charge >= 0.3 is 11.9 Å². The molecule has 0 aromatic heterocycles. The molecule has 6 heteroatoms. The lowest BCUT2D eigenvalue weighted by molar-refractivity contribution is -0.140. The summed E-state index contributed by atoms with van der Waals surface area (Å²) in [5.74, 6) is -1.27. The zero-order chi connectivity index (χ0) is 14.4. The molecule has 0 saturated heterocycles. The monoisotopic (exact) mass is 284 g/mol. The predicted octanol–water partition coefficient (Wildman–Crippen LogP) is 2.32. The molecule has 1 aromatic rings. The van der Waals surface area contributed by atoms with Crippen LogP contribution in [0, 0.1) is 0 Å². The molecule has 0 aliphatic rings. The minimum absolute atomic E-state index is 0.0523. The summed E-state index contributed by atoms with van der Waals surface area (Å²) in [7, 11) is 0. The first-order valence-corrected chi connectivity index (χ1v) is 5.78. The lowest BCUT2D eigenvalue weighted by Gasteiger charge is -2.06. The fourth-order valence-corrected chi connectivity index (χ4v) is 1.29. The minimum atomic E-state index is -0.617. The molecule has 0 spiro atoms. The van der Waals surface area contributed by atoms with E-state index in [1.807, 2.05) is 0 Å². The van der Waals surface area contributed by atoms with Crippen molar-refractivity contribution in [2.45, 2.75) is 6.92 Å². The molecule has 5 nitrogen and oxygen atoms in total. The number of benzene rings is 1. The molecule has 0 amide bonds. The summed E-state index contributed by atoms with van der Waals surface area (Å²) in [5, 5.41) is 9.26. The van der Waals surface area contributed by atoms with Crippen LogP contribution in [0.2, 0.25) is 5.02 Å². The molecule has 0 radical (unpaired) electrons. The fraction of sp³-hybridized carbons (Fsp3) is 0.231. The summed E-state index contributed by atoms with van der Waals surface area (Å²) >= 11 is 5.66. The Labute approximate surface area is 115 Å². The normalized spacial score (nSPS) is 9.79. The van der Waals surface area contributed by atoms with E-state index in [1.165, 1.54) is 25.1 Å². The van der Waals surface area contributed by atoms with E-state index < -0.39 is 11.9 Å². The SMILES string of the molecule is C=C(C)C(=O)OCCOC(=O)c1ccc(O)c(Cl)c1. The Morgan fingerprint density at radius 2 is 1.95 bits per heavy atom. The number of carbonyl (C=O) groups excluding carboxylic acids is 2. The Morgan fingerprint density at radius 1 is 1.32 bits per heavy atom. The molecule has 0 aliphatic heterocycles. The molecule has 1 aromatic carbocycles. The smallest absolute Gasteiger partial charge is 0.338 e. The topological polar surface area (TPSA) is 72.8 Å². The van der Waals surface area contributed by atoms with Crippen molar-refractivity contribution in [1.82, 2.24) is 0 Å². The molecule has 1 N–H and O–H groups in total. The lowest BCUT2D eigenvalue weighted by atomic mass is 10.2. The van der Waals surface area contributed by atoms with Gasteiger partial charge in [-0.25, -0.2) is 9.59 Å². The lowest BCUT2D eigenvalue weighted by Crippen LogP contribution is -2.14. The van der Waals surface area contributed by atoms with Gasteiger partial charge in [-0.3, -0.25) is 0 Å². The van der Waals surface area contributed by atoms with E-state index in [-0.39, 0.29) is 35.1 Å². The molecule has 0 aliphatic carbocycles. The maximum Gasteiger partial charge on any atom is 0.338 e. The van der Waals surface area contributed by atoms with Gasteiger partial charge in [0.25, 0.3) is 0 Å². The van der Waals surface area contributed by atoms with Crippen LogP contribution in [0.5, 0.6) is 5.75 Å². The number of rotatable bonds is 5. The molecule has 102 valence electrons. The zero-order valence-electron chi connectivity index (χ0n) is 10.3. The maximum atomic E-state index is 11.6. The second-order valence-corrected chi connectivity index (χ2v) is 4.13. The number of carbonyl (C=O) groups is 2. The molecule has 19 heavy (non-hydrogen) atoms. The van der Waals surface area contributed by atoms with E-state index in [1.54, 1.807) is 0 Å². The first kappa shape index (κ1) is 15.0. The molecule has 0 saturated carbocycles. The second-order valence-electron chi connectivity index (χ2n) is 3.72. The van der Waals surface area contributed by atoms with Crippen LogP contribution >= 0.6 is 11.6 Å². The molecule has 0 heterocycles. The van der Waals surface area contributed by atoms with Gasteiger partial charge in [0.15, 0.2) is 0 Å². The predicted molar refractivity (Wildman–Crippen MR) is 69.2 cm³/mol. The highest BCUT2D eigenvalue weighted by Crippen LogP contribution is 2.23. The number of aromatic hydroxyl groups is 1. The summed E-state index contributed by atoms with van der Waals surface area (Å²) < 4.78 is 9.62. The van der Waals surface area contributed by atoms with Crippen LogP contribution in [0.4, 0.5) is 0 Å². The van der Waals surface area contributed by atoms with Crippen molar-refractivity contribution in [2.24, 2.45) is 0 Å². The Balaban J connectivity index is 2.41. The highest BCUT2D eigenvalue weighted by Gasteiger charge is 2.10. The van der Waals surface area contributed by atoms with E-state index in [9.17, 15) is 14.7 Å². The van der Waals surface area contributed by atoms with Crippen LogP contribution < -0.4 is 0 Å². The first-order valence-electron chi connectivity index (χ1n) is 5.40. The van der Waals surface area contributed by atoms with Gasteiger partial charge in [0, 0.05) is 5.57 Å². The molecule has 0 bridgehead atoms. The van der Waals surface area contributed by atoms with E-state index in [0.717, 1.165) is 0 Å². The molecule has 0 fully saturated rings. The summed E-state index contributed by atoms with van der Waals surface area (Å²) in [6, 6.07) is 3.96. The Hall–Kier alpha value is -2.01. The van der Waals surface area contributed by atoms with Crippen LogP contribution in [0.1, 0.15) is 17.3 Å². The van der Waals surface area contributed by atoms with Gasteiger partial charge in [-0.15, -0.1) is 0 Å². The van der Waals surface area contributed by atoms with Crippen molar-refractivity contribution in [3.63, 3.8) is 0 Å². The highest BCUT2D eigenvalue weighted by molar-refractivity contribution is 6.32. The molecule has 0 unspecified atom stereocenters. The highest BCUT2D eigenvalue weighted by atomic mass is 35.5. The summed E-state index contributed by atoms with van der Waals surface area (Å²) in [6.07, 6.45) is 0. The van der Waals surface area contributed by atoms with Gasteiger partial charge in [0.05, 0.1) is 10.6 Å². The minimum Gasteiger partial charge on any atom is -0.506 e. The van der Waals surface area contributed by atoms with Crippen molar-refractivity contribution in [1.29, 1.82) is 0 Å². The Morgan fingerprint density at radius 3 is 2.53 bits per heavy atom. The quantitative estimate of drug-likeness (QED) is 0.510. The number of ether oxygens (including phenoxy) is 2. The van der Waals surface area contributed by atoms with Crippen molar-refractivity contribution >= 4 is 23.5 Å². The zero-order valence-corrected chi connectivity index (χ0v) is 11.1.